The Morgan fingerprint density at radius 3 is 2.62 bits per heavy atom. The predicted octanol–water partition coefficient (Wildman–Crippen LogP) is 2.36. The molecule has 1 saturated carbocycles. The van der Waals surface area contributed by atoms with E-state index in [1.165, 1.54) is 4.90 Å². The van der Waals surface area contributed by atoms with E-state index in [1.807, 2.05) is 6.92 Å². The molecule has 2 N–H and O–H groups in total. The molecule has 2 unspecified atom stereocenters. The Morgan fingerprint density at radius 2 is 1.96 bits per heavy atom. The van der Waals surface area contributed by atoms with Gasteiger partial charge in [0.15, 0.2) is 0 Å². The van der Waals surface area contributed by atoms with E-state index in [9.17, 15) is 19.5 Å². The number of benzene rings is 1. The van der Waals surface area contributed by atoms with E-state index >= 15 is 0 Å². The third-order valence-corrected chi connectivity index (χ3v) is 4.74. The zero-order chi connectivity index (χ0) is 17.3. The maximum absolute atomic E-state index is 12.8. The van der Waals surface area contributed by atoms with E-state index in [0.29, 0.717) is 30.1 Å². The van der Waals surface area contributed by atoms with Crippen molar-refractivity contribution < 1.29 is 19.5 Å². The average Bonchev–Trinajstić information content (AvgIpc) is 3.39. The number of likely N-dealkylation sites (tertiary alicyclic amines) is 1. The molecule has 0 spiro atoms. The maximum atomic E-state index is 12.8. The summed E-state index contributed by atoms with van der Waals surface area (Å²) in [5.74, 6) is -0.900. The number of rotatable bonds is 4. The van der Waals surface area contributed by atoms with E-state index in [4.69, 9.17) is 0 Å². The largest absolute Gasteiger partial charge is 0.480 e. The molecule has 6 heteroatoms. The topological polar surface area (TPSA) is 86.7 Å². The summed E-state index contributed by atoms with van der Waals surface area (Å²) >= 11 is 0. The number of nitrogens with one attached hydrogen (secondary N) is 1. The summed E-state index contributed by atoms with van der Waals surface area (Å²) in [5, 5.41) is 12.2. The van der Waals surface area contributed by atoms with Crippen LogP contribution in [0.3, 0.4) is 0 Å². The molecule has 0 bridgehead atoms. The molecule has 1 aliphatic carbocycles. The third kappa shape index (κ3) is 3.58. The third-order valence-electron chi connectivity index (χ3n) is 4.74. The van der Waals surface area contributed by atoms with Crippen LogP contribution in [0.15, 0.2) is 24.3 Å². The minimum Gasteiger partial charge on any atom is -0.480 e. The van der Waals surface area contributed by atoms with E-state index in [2.05, 4.69) is 5.32 Å². The average molecular weight is 330 g/mol. The highest BCUT2D eigenvalue weighted by Crippen LogP contribution is 2.30. The lowest BCUT2D eigenvalue weighted by molar-refractivity contribution is -0.144. The summed E-state index contributed by atoms with van der Waals surface area (Å²) in [4.78, 5) is 37.5. The predicted molar refractivity (Wildman–Crippen MR) is 88.7 cm³/mol. The van der Waals surface area contributed by atoms with Gasteiger partial charge in [-0.05, 0) is 49.8 Å². The Balaban J connectivity index is 1.76. The van der Waals surface area contributed by atoms with E-state index in [-0.39, 0.29) is 17.7 Å². The zero-order valence-corrected chi connectivity index (χ0v) is 13.7. The number of carboxylic acids is 1. The quantitative estimate of drug-likeness (QED) is 0.887. The van der Waals surface area contributed by atoms with Crippen molar-refractivity contribution in [2.75, 3.05) is 11.9 Å². The summed E-state index contributed by atoms with van der Waals surface area (Å²) in [6, 6.07) is 5.94. The molecule has 1 heterocycles. The van der Waals surface area contributed by atoms with Crippen LogP contribution in [0.2, 0.25) is 0 Å². The first-order valence-corrected chi connectivity index (χ1v) is 8.40. The second-order valence-electron chi connectivity index (χ2n) is 6.83. The zero-order valence-electron chi connectivity index (χ0n) is 13.7. The van der Waals surface area contributed by atoms with Crippen LogP contribution in [0.1, 0.15) is 43.0 Å². The van der Waals surface area contributed by atoms with Gasteiger partial charge in [0.05, 0.1) is 0 Å². The number of carbonyl (C=O) groups is 3. The molecule has 2 amide bonds. The number of aliphatic carboxylic acids is 1. The second-order valence-corrected chi connectivity index (χ2v) is 6.83. The van der Waals surface area contributed by atoms with Crippen molar-refractivity contribution in [3.8, 4) is 0 Å². The van der Waals surface area contributed by atoms with Crippen molar-refractivity contribution in [1.29, 1.82) is 0 Å². The Hall–Kier alpha value is -2.37. The van der Waals surface area contributed by atoms with Gasteiger partial charge in [0.1, 0.15) is 6.04 Å². The van der Waals surface area contributed by atoms with Crippen LogP contribution in [0.25, 0.3) is 0 Å². The van der Waals surface area contributed by atoms with Gasteiger partial charge in [0, 0.05) is 23.7 Å². The van der Waals surface area contributed by atoms with Crippen LogP contribution in [0.4, 0.5) is 5.69 Å². The first-order valence-electron chi connectivity index (χ1n) is 8.40. The van der Waals surface area contributed by atoms with Crippen molar-refractivity contribution in [3.05, 3.63) is 29.8 Å². The van der Waals surface area contributed by atoms with E-state index < -0.39 is 12.0 Å². The van der Waals surface area contributed by atoms with Crippen molar-refractivity contribution >= 4 is 23.5 Å². The molecule has 2 aliphatic rings. The minimum atomic E-state index is -0.965. The Bertz CT molecular complexity index is 669. The van der Waals surface area contributed by atoms with Crippen molar-refractivity contribution in [2.45, 2.75) is 38.6 Å². The number of carbonyl (C=O) groups excluding carboxylic acids is 2. The molecule has 24 heavy (non-hydrogen) atoms. The highest BCUT2D eigenvalue weighted by atomic mass is 16.4. The lowest BCUT2D eigenvalue weighted by Gasteiger charge is -2.36. The number of hydrogen-bond donors (Lipinski definition) is 2. The first kappa shape index (κ1) is 16.5. The van der Waals surface area contributed by atoms with Gasteiger partial charge in [0.2, 0.25) is 5.91 Å². The van der Waals surface area contributed by atoms with Crippen LogP contribution in [-0.4, -0.2) is 40.4 Å². The number of carboxylic acid groups (broad SMARTS) is 1. The molecule has 2 atom stereocenters. The fourth-order valence-electron chi connectivity index (χ4n) is 3.10. The van der Waals surface area contributed by atoms with Crippen LogP contribution >= 0.6 is 0 Å². The number of hydrogen-bond acceptors (Lipinski definition) is 3. The van der Waals surface area contributed by atoms with Crippen molar-refractivity contribution in [1.82, 2.24) is 4.90 Å². The van der Waals surface area contributed by atoms with Gasteiger partial charge < -0.3 is 15.3 Å². The molecule has 1 aromatic rings. The van der Waals surface area contributed by atoms with Gasteiger partial charge in [-0.25, -0.2) is 4.79 Å². The number of anilines is 1. The van der Waals surface area contributed by atoms with Gasteiger partial charge in [-0.15, -0.1) is 0 Å². The Morgan fingerprint density at radius 1 is 1.21 bits per heavy atom. The van der Waals surface area contributed by atoms with Crippen LogP contribution < -0.4 is 5.32 Å². The van der Waals surface area contributed by atoms with E-state index in [0.717, 1.165) is 19.3 Å². The van der Waals surface area contributed by atoms with Crippen LogP contribution in [0, 0.1) is 11.8 Å². The lowest BCUT2D eigenvalue weighted by Crippen LogP contribution is -2.49. The Kier molecular flexibility index (Phi) is 4.55. The fourth-order valence-corrected chi connectivity index (χ4v) is 3.10. The minimum absolute atomic E-state index is 0.0187. The normalized spacial score (nSPS) is 23.6. The maximum Gasteiger partial charge on any atom is 0.326 e. The van der Waals surface area contributed by atoms with Crippen molar-refractivity contribution in [2.24, 2.45) is 11.8 Å². The van der Waals surface area contributed by atoms with Gasteiger partial charge >= 0.3 is 5.97 Å². The van der Waals surface area contributed by atoms with Crippen LogP contribution in [-0.2, 0) is 9.59 Å². The van der Waals surface area contributed by atoms with Crippen LogP contribution in [0.5, 0.6) is 0 Å². The molecule has 0 radical (unpaired) electrons. The van der Waals surface area contributed by atoms with Gasteiger partial charge in [-0.2, -0.15) is 0 Å². The van der Waals surface area contributed by atoms with Gasteiger partial charge in [-0.3, -0.25) is 9.59 Å². The molecule has 128 valence electrons. The smallest absolute Gasteiger partial charge is 0.326 e. The Labute approximate surface area is 140 Å². The molecule has 2 fully saturated rings. The monoisotopic (exact) mass is 330 g/mol. The molecular formula is C18H22N2O4. The summed E-state index contributed by atoms with van der Waals surface area (Å²) in [7, 11) is 0. The summed E-state index contributed by atoms with van der Waals surface area (Å²) < 4.78 is 0. The number of amides is 2. The summed E-state index contributed by atoms with van der Waals surface area (Å²) in [6.45, 7) is 2.45. The van der Waals surface area contributed by atoms with Crippen molar-refractivity contribution in [3.63, 3.8) is 0 Å². The molecule has 1 saturated heterocycles. The molecule has 1 aliphatic heterocycles. The summed E-state index contributed by atoms with van der Waals surface area (Å²) in [6.07, 6.45) is 3.10. The molecule has 1 aromatic carbocycles. The highest BCUT2D eigenvalue weighted by Gasteiger charge is 2.35. The van der Waals surface area contributed by atoms with E-state index in [1.54, 1.807) is 24.3 Å². The molecular weight excluding hydrogens is 308 g/mol. The number of nitrogens with zero attached hydrogens (tertiary/aromatic N) is 1. The fraction of sp³-hybridized carbons (Fsp3) is 0.500. The highest BCUT2D eigenvalue weighted by molar-refractivity contribution is 5.99. The SMILES string of the molecule is CC1CCN(C(=O)c2cccc(NC(=O)C3CC3)c2)C(C(=O)O)C1. The standard InChI is InChI=1S/C18H22N2O4/c1-11-7-8-20(15(9-11)18(23)24)17(22)13-3-2-4-14(10-13)19-16(21)12-5-6-12/h2-4,10-12,15H,5-9H2,1H3,(H,19,21)(H,23,24). The second kappa shape index (κ2) is 6.63. The summed E-state index contributed by atoms with van der Waals surface area (Å²) in [5.41, 5.74) is 0.986. The molecule has 3 rings (SSSR count). The molecule has 0 aromatic heterocycles. The lowest BCUT2D eigenvalue weighted by atomic mass is 9.92. The first-order chi connectivity index (χ1) is 11.5. The van der Waals surface area contributed by atoms with Gasteiger partial charge in [0.25, 0.3) is 5.91 Å². The van der Waals surface area contributed by atoms with Gasteiger partial charge in [-0.1, -0.05) is 13.0 Å². The molecule has 6 nitrogen and oxygen atoms in total. The number of piperidine rings is 1.